The molecule has 138 valence electrons. The van der Waals surface area contributed by atoms with Crippen LogP contribution in [0.5, 0.6) is 5.75 Å². The van der Waals surface area contributed by atoms with Crippen LogP contribution in [0.15, 0.2) is 36.9 Å². The molecular formula is C20H31N3OS. The molecule has 5 heteroatoms. The molecule has 0 aliphatic carbocycles. The van der Waals surface area contributed by atoms with E-state index in [2.05, 4.69) is 29.0 Å². The van der Waals surface area contributed by atoms with E-state index < -0.39 is 0 Å². The largest absolute Gasteiger partial charge is 0.490 e. The van der Waals surface area contributed by atoms with Crippen LogP contribution < -0.4 is 15.4 Å². The molecule has 1 unspecified atom stereocenters. The number of piperidine rings is 1. The topological polar surface area (TPSA) is 36.5 Å². The van der Waals surface area contributed by atoms with Gasteiger partial charge in [-0.15, -0.1) is 0 Å². The van der Waals surface area contributed by atoms with E-state index in [1.807, 2.05) is 24.3 Å². The third-order valence-corrected chi connectivity index (χ3v) is 4.85. The summed E-state index contributed by atoms with van der Waals surface area (Å²) in [6, 6.07) is 8.56. The Morgan fingerprint density at radius 1 is 1.36 bits per heavy atom. The monoisotopic (exact) mass is 361 g/mol. The number of hydrogen-bond acceptors (Lipinski definition) is 3. The number of thiocarbonyl (C=S) groups is 1. The number of benzene rings is 1. The number of nitrogens with one attached hydrogen (secondary N) is 2. The van der Waals surface area contributed by atoms with Crippen molar-refractivity contribution in [2.45, 2.75) is 45.1 Å². The molecule has 0 amide bonds. The first kappa shape index (κ1) is 19.7. The van der Waals surface area contributed by atoms with Crippen LogP contribution in [0.2, 0.25) is 0 Å². The third kappa shape index (κ3) is 7.04. The van der Waals surface area contributed by atoms with E-state index in [0.29, 0.717) is 11.7 Å². The lowest BCUT2D eigenvalue weighted by Crippen LogP contribution is -2.40. The van der Waals surface area contributed by atoms with E-state index >= 15 is 0 Å². The number of anilines is 1. The SMILES string of the molecule is C=CCOc1ccc(NC(=S)NCCCN2CCCCC2CC)cc1. The quantitative estimate of drug-likeness (QED) is 0.392. The maximum atomic E-state index is 5.47. The third-order valence-electron chi connectivity index (χ3n) is 4.61. The molecule has 1 aliphatic heterocycles. The van der Waals surface area contributed by atoms with Gasteiger partial charge in [0.25, 0.3) is 0 Å². The molecule has 0 bridgehead atoms. The smallest absolute Gasteiger partial charge is 0.170 e. The van der Waals surface area contributed by atoms with Crippen LogP contribution in [0.1, 0.15) is 39.0 Å². The summed E-state index contributed by atoms with van der Waals surface area (Å²) in [5, 5.41) is 7.19. The molecule has 1 heterocycles. The standard InChI is InChI=1S/C20H31N3OS/c1-3-16-24-19-11-9-17(10-12-19)22-20(25)21-13-7-15-23-14-6-5-8-18(23)4-2/h3,9-12,18H,1,4-8,13-16H2,2H3,(H2,21,22,25). The predicted molar refractivity (Wildman–Crippen MR) is 110 cm³/mol. The van der Waals surface area contributed by atoms with Crippen LogP contribution in [0.3, 0.4) is 0 Å². The fourth-order valence-corrected chi connectivity index (χ4v) is 3.49. The van der Waals surface area contributed by atoms with E-state index in [4.69, 9.17) is 17.0 Å². The zero-order valence-electron chi connectivity index (χ0n) is 15.3. The average molecular weight is 362 g/mol. The van der Waals surface area contributed by atoms with Gasteiger partial charge >= 0.3 is 0 Å². The highest BCUT2D eigenvalue weighted by Gasteiger charge is 2.19. The van der Waals surface area contributed by atoms with Gasteiger partial charge in [-0.25, -0.2) is 0 Å². The first-order chi connectivity index (χ1) is 12.2. The Balaban J connectivity index is 1.64. The predicted octanol–water partition coefficient (Wildman–Crippen LogP) is 4.19. The summed E-state index contributed by atoms with van der Waals surface area (Å²) in [4.78, 5) is 2.64. The Kier molecular flexibility index (Phi) is 8.77. The average Bonchev–Trinajstić information content (AvgIpc) is 2.65. The summed E-state index contributed by atoms with van der Waals surface area (Å²) in [6.45, 7) is 9.77. The number of hydrogen-bond donors (Lipinski definition) is 2. The van der Waals surface area contributed by atoms with E-state index in [1.165, 1.54) is 32.2 Å². The Hall–Kier alpha value is -1.59. The van der Waals surface area contributed by atoms with Gasteiger partial charge in [0.2, 0.25) is 0 Å². The highest BCUT2D eigenvalue weighted by Crippen LogP contribution is 2.19. The van der Waals surface area contributed by atoms with Crippen LogP contribution in [0, 0.1) is 0 Å². The van der Waals surface area contributed by atoms with Gasteiger partial charge in [-0.3, -0.25) is 0 Å². The molecule has 1 atom stereocenters. The lowest BCUT2D eigenvalue weighted by atomic mass is 10.00. The van der Waals surface area contributed by atoms with Gasteiger partial charge in [-0.05, 0) is 68.7 Å². The molecule has 25 heavy (non-hydrogen) atoms. The molecule has 1 fully saturated rings. The summed E-state index contributed by atoms with van der Waals surface area (Å²) in [5.41, 5.74) is 0.963. The molecule has 1 aromatic carbocycles. The van der Waals surface area contributed by atoms with E-state index in [9.17, 15) is 0 Å². The number of nitrogens with zero attached hydrogens (tertiary/aromatic N) is 1. The molecule has 1 aromatic rings. The normalized spacial score (nSPS) is 17.7. The van der Waals surface area contributed by atoms with Crippen molar-refractivity contribution in [2.24, 2.45) is 0 Å². The first-order valence-corrected chi connectivity index (χ1v) is 9.76. The minimum Gasteiger partial charge on any atom is -0.490 e. The van der Waals surface area contributed by atoms with Crippen molar-refractivity contribution in [3.05, 3.63) is 36.9 Å². The Morgan fingerprint density at radius 3 is 2.88 bits per heavy atom. The molecule has 1 saturated heterocycles. The van der Waals surface area contributed by atoms with Crippen molar-refractivity contribution in [2.75, 3.05) is 31.6 Å². The molecule has 2 N–H and O–H groups in total. The summed E-state index contributed by atoms with van der Waals surface area (Å²) in [5.74, 6) is 0.830. The van der Waals surface area contributed by atoms with Gasteiger partial charge < -0.3 is 20.3 Å². The summed E-state index contributed by atoms with van der Waals surface area (Å²) >= 11 is 5.37. The van der Waals surface area contributed by atoms with Crippen molar-refractivity contribution in [3.63, 3.8) is 0 Å². The fourth-order valence-electron chi connectivity index (χ4n) is 3.27. The van der Waals surface area contributed by atoms with Gasteiger partial charge in [0.05, 0.1) is 0 Å². The van der Waals surface area contributed by atoms with Crippen molar-refractivity contribution in [3.8, 4) is 5.75 Å². The molecular weight excluding hydrogens is 330 g/mol. The molecule has 2 rings (SSSR count). The number of rotatable bonds is 9. The van der Waals surface area contributed by atoms with Crippen LogP contribution in [0.4, 0.5) is 5.69 Å². The maximum Gasteiger partial charge on any atom is 0.170 e. The van der Waals surface area contributed by atoms with Crippen LogP contribution in [-0.2, 0) is 0 Å². The van der Waals surface area contributed by atoms with Crippen molar-refractivity contribution >= 4 is 23.0 Å². The van der Waals surface area contributed by atoms with Gasteiger partial charge in [0, 0.05) is 24.8 Å². The molecule has 0 aromatic heterocycles. The lowest BCUT2D eigenvalue weighted by Gasteiger charge is -2.35. The second-order valence-electron chi connectivity index (χ2n) is 6.45. The van der Waals surface area contributed by atoms with Crippen molar-refractivity contribution < 1.29 is 4.74 Å². The van der Waals surface area contributed by atoms with Gasteiger partial charge in [0.15, 0.2) is 5.11 Å². The van der Waals surface area contributed by atoms with E-state index in [-0.39, 0.29) is 0 Å². The molecule has 0 saturated carbocycles. The summed E-state index contributed by atoms with van der Waals surface area (Å²) in [6.07, 6.45) is 8.20. The van der Waals surface area contributed by atoms with E-state index in [0.717, 1.165) is 37.0 Å². The summed E-state index contributed by atoms with van der Waals surface area (Å²) in [7, 11) is 0. The molecule has 4 nitrogen and oxygen atoms in total. The number of ether oxygens (including phenoxy) is 1. The Labute approximate surface area is 157 Å². The van der Waals surface area contributed by atoms with Crippen molar-refractivity contribution in [1.82, 2.24) is 10.2 Å². The highest BCUT2D eigenvalue weighted by molar-refractivity contribution is 7.80. The maximum absolute atomic E-state index is 5.47. The van der Waals surface area contributed by atoms with Gasteiger partial charge in [-0.2, -0.15) is 0 Å². The highest BCUT2D eigenvalue weighted by atomic mass is 32.1. The van der Waals surface area contributed by atoms with E-state index in [1.54, 1.807) is 6.08 Å². The molecule has 1 aliphatic rings. The van der Waals surface area contributed by atoms with Crippen LogP contribution >= 0.6 is 12.2 Å². The zero-order chi connectivity index (χ0) is 17.9. The zero-order valence-corrected chi connectivity index (χ0v) is 16.1. The summed E-state index contributed by atoms with van der Waals surface area (Å²) < 4.78 is 5.47. The second-order valence-corrected chi connectivity index (χ2v) is 6.86. The van der Waals surface area contributed by atoms with Crippen LogP contribution in [-0.4, -0.2) is 42.3 Å². The second kappa shape index (κ2) is 11.1. The van der Waals surface area contributed by atoms with Gasteiger partial charge in [0.1, 0.15) is 12.4 Å². The fraction of sp³-hybridized carbons (Fsp3) is 0.550. The molecule has 0 spiro atoms. The Bertz CT molecular complexity index is 532. The van der Waals surface area contributed by atoms with Gasteiger partial charge in [-0.1, -0.05) is 26.0 Å². The first-order valence-electron chi connectivity index (χ1n) is 9.35. The Morgan fingerprint density at radius 2 is 2.16 bits per heavy atom. The minimum absolute atomic E-state index is 0.517. The molecule has 0 radical (unpaired) electrons. The van der Waals surface area contributed by atoms with Crippen molar-refractivity contribution in [1.29, 1.82) is 0 Å². The lowest BCUT2D eigenvalue weighted by molar-refractivity contribution is 0.143. The van der Waals surface area contributed by atoms with Crippen LogP contribution in [0.25, 0.3) is 0 Å². The number of likely N-dealkylation sites (tertiary alicyclic amines) is 1. The minimum atomic E-state index is 0.517.